The van der Waals surface area contributed by atoms with Crippen molar-refractivity contribution < 1.29 is 18.4 Å². The molecule has 0 saturated carbocycles. The van der Waals surface area contributed by atoms with E-state index in [1.807, 2.05) is 24.3 Å². The summed E-state index contributed by atoms with van der Waals surface area (Å²) in [7, 11) is 0. The van der Waals surface area contributed by atoms with E-state index in [0.717, 1.165) is 67.2 Å². The van der Waals surface area contributed by atoms with Crippen LogP contribution >= 0.6 is 11.3 Å². The molecule has 166 valence electrons. The summed E-state index contributed by atoms with van der Waals surface area (Å²) in [6.07, 6.45) is 2.52. The van der Waals surface area contributed by atoms with Gasteiger partial charge in [0, 0.05) is 30.5 Å². The van der Waals surface area contributed by atoms with Gasteiger partial charge in [0.1, 0.15) is 22.3 Å². The minimum absolute atomic E-state index is 0.0278. The van der Waals surface area contributed by atoms with Gasteiger partial charge >= 0.3 is 0 Å². The molecule has 4 rings (SSSR count). The van der Waals surface area contributed by atoms with Gasteiger partial charge in [-0.1, -0.05) is 17.4 Å². The van der Waals surface area contributed by atoms with Gasteiger partial charge in [0.2, 0.25) is 12.2 Å². The number of piperidine rings is 1. The summed E-state index contributed by atoms with van der Waals surface area (Å²) in [5.74, 6) is -2.82. The Morgan fingerprint density at radius 3 is 2.41 bits per heavy atom. The van der Waals surface area contributed by atoms with Gasteiger partial charge in [0.25, 0.3) is 0 Å². The Balaban J connectivity index is 1.44. The number of anilines is 4. The molecule has 1 aliphatic heterocycles. The van der Waals surface area contributed by atoms with Crippen LogP contribution in [0.1, 0.15) is 28.1 Å². The Kier molecular flexibility index (Phi) is 6.31. The van der Waals surface area contributed by atoms with Gasteiger partial charge in [-0.05, 0) is 49.2 Å². The number of nitrogens with two attached hydrogens (primary N) is 1. The molecular weight excluding hydrogens is 436 g/mol. The second-order valence-corrected chi connectivity index (χ2v) is 8.38. The molecule has 0 radical (unpaired) electrons. The van der Waals surface area contributed by atoms with Crippen molar-refractivity contribution in [1.29, 1.82) is 0 Å². The number of halogens is 2. The monoisotopic (exact) mass is 457 g/mol. The highest BCUT2D eigenvalue weighted by molar-refractivity contribution is 7.18. The van der Waals surface area contributed by atoms with Crippen LogP contribution in [0.5, 0.6) is 0 Å². The van der Waals surface area contributed by atoms with Crippen molar-refractivity contribution in [3.05, 3.63) is 64.5 Å². The predicted octanol–water partition coefficient (Wildman–Crippen LogP) is 3.69. The molecule has 0 bridgehead atoms. The number of amides is 1. The molecule has 3 aromatic rings. The number of nitrogens with one attached hydrogen (secondary N) is 2. The molecule has 2 heterocycles. The molecule has 1 amide bonds. The molecule has 4 N–H and O–H groups in total. The summed E-state index contributed by atoms with van der Waals surface area (Å²) in [5, 5.41) is 6.24. The maximum atomic E-state index is 14.0. The maximum absolute atomic E-state index is 14.0. The standard InChI is InChI=1S/C22H21F2N5O2S/c23-16-2-1-3-17(24)18(16)19(31)20-21(25)28-22(32-20)27-14-4-6-15(7-5-14)29-10-8-13(9-11-29)26-12-30/h1-7,12-13H,8-11,25H2,(H,26,30)(H,27,28). The van der Waals surface area contributed by atoms with E-state index in [2.05, 4.69) is 20.5 Å². The molecule has 0 atom stereocenters. The highest BCUT2D eigenvalue weighted by atomic mass is 32.1. The fourth-order valence-corrected chi connectivity index (χ4v) is 4.51. The summed E-state index contributed by atoms with van der Waals surface area (Å²) in [6, 6.07) is 11.1. The van der Waals surface area contributed by atoms with E-state index < -0.39 is 23.0 Å². The van der Waals surface area contributed by atoms with Crippen molar-refractivity contribution >= 4 is 45.9 Å². The van der Waals surface area contributed by atoms with Gasteiger partial charge in [-0.25, -0.2) is 13.8 Å². The minimum Gasteiger partial charge on any atom is -0.382 e. The van der Waals surface area contributed by atoms with Gasteiger partial charge in [-0.2, -0.15) is 0 Å². The molecule has 1 aliphatic rings. The third kappa shape index (κ3) is 4.54. The quantitative estimate of drug-likeness (QED) is 0.370. The molecule has 7 nitrogen and oxygen atoms in total. The SMILES string of the molecule is Nc1nc(Nc2ccc(N3CCC(NC=O)CC3)cc2)sc1C(=O)c1c(F)cccc1F. The number of carbonyl (C=O) groups is 2. The van der Waals surface area contributed by atoms with Crippen molar-refractivity contribution in [3.63, 3.8) is 0 Å². The van der Waals surface area contributed by atoms with Crippen LogP contribution in [0, 0.1) is 11.6 Å². The summed E-state index contributed by atoms with van der Waals surface area (Å²) in [4.78, 5) is 29.5. The summed E-state index contributed by atoms with van der Waals surface area (Å²) in [5.41, 5.74) is 6.99. The number of carbonyl (C=O) groups excluding carboxylic acids is 2. The molecule has 10 heteroatoms. The first-order chi connectivity index (χ1) is 15.5. The van der Waals surface area contributed by atoms with Crippen molar-refractivity contribution in [2.75, 3.05) is 29.0 Å². The van der Waals surface area contributed by atoms with Crippen LogP contribution in [0.4, 0.5) is 31.1 Å². The van der Waals surface area contributed by atoms with Gasteiger partial charge in [-0.15, -0.1) is 0 Å². The molecule has 1 fully saturated rings. The average molecular weight is 458 g/mol. The molecule has 0 unspecified atom stereocenters. The van der Waals surface area contributed by atoms with Crippen LogP contribution < -0.4 is 21.3 Å². The lowest BCUT2D eigenvalue weighted by molar-refractivity contribution is -0.110. The molecule has 1 aromatic heterocycles. The minimum atomic E-state index is -0.945. The van der Waals surface area contributed by atoms with Crippen molar-refractivity contribution in [2.45, 2.75) is 18.9 Å². The Hall–Kier alpha value is -3.53. The molecular formula is C22H21F2N5O2S. The Morgan fingerprint density at radius 2 is 1.78 bits per heavy atom. The number of benzene rings is 2. The fraction of sp³-hybridized carbons (Fsp3) is 0.227. The van der Waals surface area contributed by atoms with Gasteiger partial charge in [0.15, 0.2) is 5.13 Å². The highest BCUT2D eigenvalue weighted by Crippen LogP contribution is 2.31. The number of ketones is 1. The third-order valence-corrected chi connectivity index (χ3v) is 6.32. The van der Waals surface area contributed by atoms with Gasteiger partial charge in [0.05, 0.1) is 5.56 Å². The van der Waals surface area contributed by atoms with E-state index in [1.54, 1.807) is 0 Å². The average Bonchev–Trinajstić information content (AvgIpc) is 3.15. The lowest BCUT2D eigenvalue weighted by Gasteiger charge is -2.33. The molecule has 32 heavy (non-hydrogen) atoms. The third-order valence-electron chi connectivity index (χ3n) is 5.33. The second kappa shape index (κ2) is 9.31. The number of hydrogen-bond donors (Lipinski definition) is 3. The zero-order valence-corrected chi connectivity index (χ0v) is 17.8. The second-order valence-electron chi connectivity index (χ2n) is 7.38. The van der Waals surface area contributed by atoms with E-state index in [-0.39, 0.29) is 16.7 Å². The maximum Gasteiger partial charge on any atom is 0.212 e. The van der Waals surface area contributed by atoms with E-state index in [1.165, 1.54) is 6.07 Å². The van der Waals surface area contributed by atoms with Gasteiger partial charge in [-0.3, -0.25) is 9.59 Å². The van der Waals surface area contributed by atoms with Crippen LogP contribution in [-0.4, -0.2) is 36.3 Å². The van der Waals surface area contributed by atoms with Crippen LogP contribution in [0.25, 0.3) is 0 Å². The number of aromatic nitrogens is 1. The Bertz CT molecular complexity index is 1110. The number of nitrogen functional groups attached to an aromatic ring is 1. The predicted molar refractivity (Wildman–Crippen MR) is 120 cm³/mol. The topological polar surface area (TPSA) is 100 Å². The normalized spacial score (nSPS) is 14.2. The van der Waals surface area contributed by atoms with Crippen LogP contribution in [0.15, 0.2) is 42.5 Å². The zero-order chi connectivity index (χ0) is 22.7. The first-order valence-electron chi connectivity index (χ1n) is 10.0. The lowest BCUT2D eigenvalue weighted by Crippen LogP contribution is -2.42. The van der Waals surface area contributed by atoms with E-state index >= 15 is 0 Å². The van der Waals surface area contributed by atoms with Crippen LogP contribution in [0.3, 0.4) is 0 Å². The summed E-state index contributed by atoms with van der Waals surface area (Å²) >= 11 is 0.936. The molecule has 0 aliphatic carbocycles. The van der Waals surface area contributed by atoms with E-state index in [0.29, 0.717) is 5.13 Å². The van der Waals surface area contributed by atoms with E-state index in [9.17, 15) is 18.4 Å². The Morgan fingerprint density at radius 1 is 1.12 bits per heavy atom. The summed E-state index contributed by atoms with van der Waals surface area (Å²) in [6.45, 7) is 1.69. The summed E-state index contributed by atoms with van der Waals surface area (Å²) < 4.78 is 27.9. The van der Waals surface area contributed by atoms with E-state index in [4.69, 9.17) is 5.73 Å². The lowest BCUT2D eigenvalue weighted by atomic mass is 10.0. The smallest absolute Gasteiger partial charge is 0.212 e. The van der Waals surface area contributed by atoms with Crippen LogP contribution in [-0.2, 0) is 4.79 Å². The van der Waals surface area contributed by atoms with Gasteiger partial charge < -0.3 is 21.3 Å². The molecule has 2 aromatic carbocycles. The number of thiazole rings is 1. The number of nitrogens with zero attached hydrogens (tertiary/aromatic N) is 2. The largest absolute Gasteiger partial charge is 0.382 e. The van der Waals surface area contributed by atoms with Crippen molar-refractivity contribution in [2.24, 2.45) is 0 Å². The number of rotatable bonds is 7. The zero-order valence-electron chi connectivity index (χ0n) is 17.0. The molecule has 1 saturated heterocycles. The van der Waals surface area contributed by atoms with Crippen molar-refractivity contribution in [1.82, 2.24) is 10.3 Å². The first kappa shape index (κ1) is 21.7. The Labute approximate surface area is 187 Å². The fourth-order valence-electron chi connectivity index (χ4n) is 3.66. The first-order valence-corrected chi connectivity index (χ1v) is 10.8. The van der Waals surface area contributed by atoms with Crippen LogP contribution in [0.2, 0.25) is 0 Å². The molecule has 0 spiro atoms. The van der Waals surface area contributed by atoms with Crippen molar-refractivity contribution in [3.8, 4) is 0 Å². The number of hydrogen-bond acceptors (Lipinski definition) is 7. The highest BCUT2D eigenvalue weighted by Gasteiger charge is 2.24.